The second kappa shape index (κ2) is 19.6. The van der Waals surface area contributed by atoms with Gasteiger partial charge in [0.1, 0.15) is 5.60 Å². The number of aliphatic imine (C=N–C) groups is 1. The first-order chi connectivity index (χ1) is 19.9. The van der Waals surface area contributed by atoms with Gasteiger partial charge in [0.2, 0.25) is 0 Å². The van der Waals surface area contributed by atoms with Gasteiger partial charge in [0, 0.05) is 54.4 Å². The number of hydrogen-bond acceptors (Lipinski definition) is 4. The van der Waals surface area contributed by atoms with Crippen LogP contribution in [0, 0.1) is 5.92 Å². The molecule has 2 fully saturated rings. The van der Waals surface area contributed by atoms with Gasteiger partial charge in [-0.25, -0.2) is 4.79 Å². The molecule has 42 heavy (non-hydrogen) atoms. The molecule has 5 nitrogen and oxygen atoms in total. The van der Waals surface area contributed by atoms with Gasteiger partial charge in [0.05, 0.1) is 0 Å². The first-order valence-corrected chi connectivity index (χ1v) is 16.3. The summed E-state index contributed by atoms with van der Waals surface area (Å²) in [7, 11) is 0. The average molecular weight is 600 g/mol. The van der Waals surface area contributed by atoms with Crippen molar-refractivity contribution < 1.29 is 9.53 Å². The molecule has 236 valence electrons. The van der Waals surface area contributed by atoms with Crippen molar-refractivity contribution >= 4 is 23.4 Å². The maximum atomic E-state index is 12.4. The van der Waals surface area contributed by atoms with E-state index in [1.54, 1.807) is 0 Å². The lowest BCUT2D eigenvalue weighted by molar-refractivity contribution is 0.0168. The number of allylic oxidation sites excluding steroid dienone is 11. The van der Waals surface area contributed by atoms with E-state index in [0.29, 0.717) is 19.0 Å². The van der Waals surface area contributed by atoms with Crippen molar-refractivity contribution in [2.24, 2.45) is 10.9 Å². The van der Waals surface area contributed by atoms with Crippen molar-refractivity contribution in [3.63, 3.8) is 0 Å². The molecular formula is C36H58ClN3O2. The molecule has 0 unspecified atom stereocenters. The van der Waals surface area contributed by atoms with Crippen LogP contribution in [0.15, 0.2) is 75.1 Å². The highest BCUT2D eigenvalue weighted by atomic mass is 35.5. The van der Waals surface area contributed by atoms with E-state index in [1.165, 1.54) is 41.7 Å². The highest BCUT2D eigenvalue weighted by molar-refractivity contribution is 6.31. The highest BCUT2D eigenvalue weighted by Crippen LogP contribution is 2.41. The average Bonchev–Trinajstić information content (AvgIpc) is 3.76. The van der Waals surface area contributed by atoms with Gasteiger partial charge in [0.15, 0.2) is 0 Å². The van der Waals surface area contributed by atoms with Gasteiger partial charge in [0.25, 0.3) is 0 Å². The SMILES string of the molecule is CC/C=C/C=C(Cl)\C=C(/C)CCC.C\C=C(C(/C(C)=N/C=C/CC)=C(/C)N1CCN(C(=O)OC(C)(C)C)CC1)\C1CC1. The third kappa shape index (κ3) is 14.6. The molecule has 1 saturated carbocycles. The lowest BCUT2D eigenvalue weighted by Gasteiger charge is -2.38. The van der Waals surface area contributed by atoms with Crippen LogP contribution in [0.3, 0.4) is 0 Å². The van der Waals surface area contributed by atoms with E-state index < -0.39 is 5.60 Å². The predicted octanol–water partition coefficient (Wildman–Crippen LogP) is 10.4. The van der Waals surface area contributed by atoms with Crippen molar-refractivity contribution in [2.75, 3.05) is 26.2 Å². The molecule has 2 aliphatic rings. The van der Waals surface area contributed by atoms with E-state index in [9.17, 15) is 4.79 Å². The van der Waals surface area contributed by atoms with Gasteiger partial charge < -0.3 is 14.5 Å². The van der Waals surface area contributed by atoms with Crippen LogP contribution in [0.2, 0.25) is 0 Å². The van der Waals surface area contributed by atoms with E-state index in [-0.39, 0.29) is 6.09 Å². The molecule has 1 saturated heterocycles. The largest absolute Gasteiger partial charge is 0.444 e. The Morgan fingerprint density at radius 1 is 0.976 bits per heavy atom. The zero-order valence-corrected chi connectivity index (χ0v) is 29.0. The topological polar surface area (TPSA) is 45.1 Å². The quantitative estimate of drug-likeness (QED) is 0.175. The fourth-order valence-corrected chi connectivity index (χ4v) is 5.01. The fourth-order valence-electron chi connectivity index (χ4n) is 4.75. The maximum absolute atomic E-state index is 12.4. The molecule has 0 aromatic carbocycles. The molecule has 0 atom stereocenters. The zero-order valence-electron chi connectivity index (χ0n) is 28.2. The van der Waals surface area contributed by atoms with Gasteiger partial charge in [-0.05, 0) is 104 Å². The van der Waals surface area contributed by atoms with Crippen molar-refractivity contribution in [1.82, 2.24) is 9.80 Å². The molecular weight excluding hydrogens is 542 g/mol. The van der Waals surface area contributed by atoms with Crippen LogP contribution in [-0.2, 0) is 4.74 Å². The van der Waals surface area contributed by atoms with Crippen LogP contribution in [0.5, 0.6) is 0 Å². The molecule has 0 bridgehead atoms. The van der Waals surface area contributed by atoms with E-state index in [1.807, 2.05) is 50.1 Å². The Labute approximate surface area is 262 Å². The van der Waals surface area contributed by atoms with E-state index in [0.717, 1.165) is 43.1 Å². The van der Waals surface area contributed by atoms with Crippen LogP contribution in [0.1, 0.15) is 108 Å². The first-order valence-electron chi connectivity index (χ1n) is 15.9. The van der Waals surface area contributed by atoms with Gasteiger partial charge in [-0.15, -0.1) is 0 Å². The van der Waals surface area contributed by atoms with Crippen molar-refractivity contribution in [2.45, 2.75) is 113 Å². The Morgan fingerprint density at radius 2 is 1.57 bits per heavy atom. The third-order valence-corrected chi connectivity index (χ3v) is 7.25. The number of carbonyl (C=O) groups excluding carboxylic acids is 1. The summed E-state index contributed by atoms with van der Waals surface area (Å²) in [6.07, 6.45) is 21.0. The summed E-state index contributed by atoms with van der Waals surface area (Å²) in [5.74, 6) is 0.660. The number of hydrogen-bond donors (Lipinski definition) is 0. The second-order valence-electron chi connectivity index (χ2n) is 12.1. The molecule has 0 spiro atoms. The zero-order chi connectivity index (χ0) is 31.7. The summed E-state index contributed by atoms with van der Waals surface area (Å²) < 4.78 is 5.53. The normalized spacial score (nSPS) is 18.4. The van der Waals surface area contributed by atoms with Gasteiger partial charge >= 0.3 is 6.09 Å². The number of carbonyl (C=O) groups is 1. The van der Waals surface area contributed by atoms with Gasteiger partial charge in [-0.1, -0.05) is 68.7 Å². The van der Waals surface area contributed by atoms with Crippen molar-refractivity contribution in [1.29, 1.82) is 0 Å². The number of halogens is 1. The Bertz CT molecular complexity index is 1060. The standard InChI is InChI=1S/C24H39N3O2.C12H19Cl/c1-8-10-13-25-18(3)22(21(9-2)20-11-12-20)19(4)26-14-16-27(17-15-26)23(28)29-24(5,6)7;1-4-6-7-9-12(13)10-11(3)8-5-2/h9-10,13,20H,8,11-12,14-17H2,1-7H3;6-7,9-10H,4-5,8H2,1-3H3/b13-10+,21-9-,22-19-,25-18+;7-6+,11-10+,12-9+. The molecule has 0 aromatic rings. The third-order valence-electron chi connectivity index (χ3n) is 7.01. The second-order valence-corrected chi connectivity index (χ2v) is 12.5. The Kier molecular flexibility index (Phi) is 17.5. The van der Waals surface area contributed by atoms with Crippen molar-refractivity contribution in [3.8, 4) is 0 Å². The predicted molar refractivity (Wildman–Crippen MR) is 183 cm³/mol. The van der Waals surface area contributed by atoms with Crippen LogP contribution in [0.4, 0.5) is 4.79 Å². The Morgan fingerprint density at radius 3 is 2.07 bits per heavy atom. The van der Waals surface area contributed by atoms with Crippen LogP contribution < -0.4 is 0 Å². The van der Waals surface area contributed by atoms with Gasteiger partial charge in [-0.2, -0.15) is 0 Å². The summed E-state index contributed by atoms with van der Waals surface area (Å²) in [4.78, 5) is 21.3. The minimum Gasteiger partial charge on any atom is -0.444 e. The fraction of sp³-hybridized carbons (Fsp3) is 0.611. The lowest BCUT2D eigenvalue weighted by Crippen LogP contribution is -2.49. The molecule has 1 amide bonds. The number of piperazine rings is 1. The van der Waals surface area contributed by atoms with Gasteiger partial charge in [-0.3, -0.25) is 4.99 Å². The number of rotatable bonds is 11. The lowest BCUT2D eigenvalue weighted by atomic mass is 9.95. The monoisotopic (exact) mass is 599 g/mol. The van der Waals surface area contributed by atoms with E-state index in [4.69, 9.17) is 21.3 Å². The Hall–Kier alpha value is -2.53. The highest BCUT2D eigenvalue weighted by Gasteiger charge is 2.32. The van der Waals surface area contributed by atoms with E-state index in [2.05, 4.69) is 71.6 Å². The summed E-state index contributed by atoms with van der Waals surface area (Å²) in [5, 5.41) is 0.815. The van der Waals surface area contributed by atoms with Crippen molar-refractivity contribution in [3.05, 3.63) is 70.1 Å². The minimum absolute atomic E-state index is 0.214. The molecule has 0 N–H and O–H groups in total. The molecule has 0 radical (unpaired) electrons. The number of amides is 1. The Balaban J connectivity index is 0.000000572. The first kappa shape index (κ1) is 37.5. The molecule has 1 aliphatic carbocycles. The maximum Gasteiger partial charge on any atom is 0.410 e. The molecule has 1 heterocycles. The molecule has 6 heteroatoms. The summed E-state index contributed by atoms with van der Waals surface area (Å²) in [6.45, 7) is 23.7. The van der Waals surface area contributed by atoms with E-state index >= 15 is 0 Å². The summed E-state index contributed by atoms with van der Waals surface area (Å²) in [6, 6.07) is 0. The van der Waals surface area contributed by atoms with Crippen LogP contribution >= 0.6 is 11.6 Å². The van der Waals surface area contributed by atoms with Crippen LogP contribution in [0.25, 0.3) is 0 Å². The summed E-state index contributed by atoms with van der Waals surface area (Å²) >= 11 is 5.98. The molecule has 0 aromatic heterocycles. The molecule has 2 rings (SSSR count). The smallest absolute Gasteiger partial charge is 0.410 e. The number of nitrogens with zero attached hydrogens (tertiary/aromatic N) is 3. The summed E-state index contributed by atoms with van der Waals surface area (Å²) in [5.41, 5.74) is 5.92. The van der Waals surface area contributed by atoms with Crippen LogP contribution in [-0.4, -0.2) is 53.4 Å². The minimum atomic E-state index is -0.456. The number of ether oxygens (including phenoxy) is 1. The molecule has 1 aliphatic heterocycles.